The molecule has 0 unspecified atom stereocenters. The zero-order valence-corrected chi connectivity index (χ0v) is 16.6. The van der Waals surface area contributed by atoms with Crippen LogP contribution in [0.4, 0.5) is 10.2 Å². The van der Waals surface area contributed by atoms with Crippen molar-refractivity contribution in [2.75, 3.05) is 11.1 Å². The third-order valence-electron chi connectivity index (χ3n) is 5.37. The number of benzene rings is 1. The number of hydrogen-bond donors (Lipinski definition) is 1. The van der Waals surface area contributed by atoms with Gasteiger partial charge in [0.25, 0.3) is 0 Å². The number of halogens is 1. The summed E-state index contributed by atoms with van der Waals surface area (Å²) in [6, 6.07) is 5.52. The maximum atomic E-state index is 13.3. The van der Waals surface area contributed by atoms with Crippen LogP contribution in [-0.4, -0.2) is 42.8 Å². The number of nitrogens with one attached hydrogen (secondary N) is 1. The molecule has 0 bridgehead atoms. The fraction of sp³-hybridized carbons (Fsp3) is 0.316. The highest BCUT2D eigenvalue weighted by molar-refractivity contribution is 8.01. The van der Waals surface area contributed by atoms with E-state index in [4.69, 9.17) is 0 Å². The average molecular weight is 417 g/mol. The molecule has 2 aliphatic heterocycles. The van der Waals surface area contributed by atoms with E-state index in [-0.39, 0.29) is 22.5 Å². The molecule has 3 aromatic rings. The van der Waals surface area contributed by atoms with Crippen molar-refractivity contribution in [3.8, 4) is 11.3 Å². The van der Waals surface area contributed by atoms with Crippen molar-refractivity contribution in [2.24, 2.45) is 0 Å². The second-order valence-electron chi connectivity index (χ2n) is 7.13. The fourth-order valence-corrected chi connectivity index (χ4v) is 6.07. The van der Waals surface area contributed by atoms with Crippen LogP contribution in [0.2, 0.25) is 0 Å². The van der Waals surface area contributed by atoms with E-state index in [1.165, 1.54) is 23.5 Å². The van der Waals surface area contributed by atoms with Gasteiger partial charge in [0, 0.05) is 29.3 Å². The first-order chi connectivity index (χ1) is 13.5. The molecule has 1 N–H and O–H groups in total. The first-order valence-electron chi connectivity index (χ1n) is 8.95. The van der Waals surface area contributed by atoms with E-state index in [0.717, 1.165) is 16.9 Å². The summed E-state index contributed by atoms with van der Waals surface area (Å²) in [4.78, 5) is 32.3. The molecule has 2 atom stereocenters. The van der Waals surface area contributed by atoms with Gasteiger partial charge in [0.2, 0.25) is 11.8 Å². The second kappa shape index (κ2) is 6.31. The van der Waals surface area contributed by atoms with Gasteiger partial charge in [-0.25, -0.2) is 9.37 Å². The number of aromatic nitrogens is 2. The minimum Gasteiger partial charge on any atom is -0.315 e. The Bertz CT molecular complexity index is 1090. The third-order valence-corrected chi connectivity index (χ3v) is 7.63. The number of imidazole rings is 1. The molecule has 2 saturated heterocycles. The molecule has 4 heterocycles. The van der Waals surface area contributed by atoms with Crippen LogP contribution in [0.15, 0.2) is 35.8 Å². The van der Waals surface area contributed by atoms with E-state index in [1.54, 1.807) is 28.8 Å². The summed E-state index contributed by atoms with van der Waals surface area (Å²) in [5, 5.41) is 4.88. The number of carbonyl (C=O) groups is 2. The van der Waals surface area contributed by atoms with Crippen molar-refractivity contribution in [2.45, 2.75) is 30.7 Å². The highest BCUT2D eigenvalue weighted by Crippen LogP contribution is 2.47. The second-order valence-corrected chi connectivity index (χ2v) is 9.50. The Hall–Kier alpha value is -2.39. The normalized spacial score (nSPS) is 24.1. The van der Waals surface area contributed by atoms with Gasteiger partial charge in [-0.15, -0.1) is 23.1 Å². The molecule has 5 rings (SSSR count). The number of anilines is 1. The summed E-state index contributed by atoms with van der Waals surface area (Å²) in [6.45, 7) is 2.02. The summed E-state index contributed by atoms with van der Waals surface area (Å²) in [5.41, 5.74) is 1.30. The van der Waals surface area contributed by atoms with E-state index in [9.17, 15) is 14.0 Å². The van der Waals surface area contributed by atoms with E-state index in [0.29, 0.717) is 23.7 Å². The van der Waals surface area contributed by atoms with Gasteiger partial charge in [0.05, 0.1) is 4.87 Å². The average Bonchev–Trinajstić information content (AvgIpc) is 3.40. The van der Waals surface area contributed by atoms with Crippen LogP contribution in [0, 0.1) is 5.82 Å². The standard InChI is InChI=1S/C19H17FN4O2S2/c1-19-7-6-14(25)24(19)13(10-28-19)17(26)22-16-15(11-2-4-12(20)5-3-11)21-18-23(16)8-9-27-18/h2-5,8-9,13H,6-7,10H2,1H3,(H,22,26)/t13-,19-/m1/s1. The number of rotatable bonds is 3. The van der Waals surface area contributed by atoms with Crippen LogP contribution in [0.25, 0.3) is 16.2 Å². The number of thiazole rings is 1. The molecule has 0 aliphatic carbocycles. The van der Waals surface area contributed by atoms with Crippen molar-refractivity contribution in [1.82, 2.24) is 14.3 Å². The molecule has 2 aliphatic rings. The van der Waals surface area contributed by atoms with Gasteiger partial charge >= 0.3 is 0 Å². The summed E-state index contributed by atoms with van der Waals surface area (Å²) in [6.07, 6.45) is 3.09. The Morgan fingerprint density at radius 3 is 2.93 bits per heavy atom. The molecular formula is C19H17FN4O2S2. The van der Waals surface area contributed by atoms with Gasteiger partial charge < -0.3 is 10.2 Å². The lowest BCUT2D eigenvalue weighted by molar-refractivity contribution is -0.135. The molecule has 2 fully saturated rings. The van der Waals surface area contributed by atoms with Crippen LogP contribution in [0.5, 0.6) is 0 Å². The van der Waals surface area contributed by atoms with E-state index in [2.05, 4.69) is 10.3 Å². The Morgan fingerprint density at radius 2 is 2.14 bits per heavy atom. The summed E-state index contributed by atoms with van der Waals surface area (Å²) >= 11 is 3.11. The van der Waals surface area contributed by atoms with Crippen molar-refractivity contribution in [3.63, 3.8) is 0 Å². The lowest BCUT2D eigenvalue weighted by atomic mass is 10.1. The monoisotopic (exact) mass is 416 g/mol. The Kier molecular flexibility index (Phi) is 3.99. The number of nitrogens with zero attached hydrogens (tertiary/aromatic N) is 3. The summed E-state index contributed by atoms with van der Waals surface area (Å²) < 4.78 is 15.1. The summed E-state index contributed by atoms with van der Waals surface area (Å²) in [5.74, 6) is 0.595. The maximum Gasteiger partial charge on any atom is 0.249 e. The number of hydrogen-bond acceptors (Lipinski definition) is 5. The van der Waals surface area contributed by atoms with Crippen molar-refractivity contribution < 1.29 is 14.0 Å². The predicted molar refractivity (Wildman–Crippen MR) is 108 cm³/mol. The number of amides is 2. The lowest BCUT2D eigenvalue weighted by Gasteiger charge is -2.29. The molecule has 6 nitrogen and oxygen atoms in total. The van der Waals surface area contributed by atoms with Crippen molar-refractivity contribution in [3.05, 3.63) is 41.7 Å². The van der Waals surface area contributed by atoms with Crippen LogP contribution < -0.4 is 5.32 Å². The smallest absolute Gasteiger partial charge is 0.249 e. The third kappa shape index (κ3) is 2.64. The Balaban J connectivity index is 1.50. The van der Waals surface area contributed by atoms with Crippen LogP contribution in [-0.2, 0) is 9.59 Å². The van der Waals surface area contributed by atoms with Gasteiger partial charge in [-0.3, -0.25) is 14.0 Å². The molecule has 144 valence electrons. The SMILES string of the molecule is C[C@@]12CCC(=O)N1[C@@H](C(=O)Nc1c(-c3ccc(F)cc3)nc3sccn13)CS2. The van der Waals surface area contributed by atoms with Crippen LogP contribution >= 0.6 is 23.1 Å². The minimum absolute atomic E-state index is 0.0281. The topological polar surface area (TPSA) is 66.7 Å². The quantitative estimate of drug-likeness (QED) is 0.709. The first-order valence-corrected chi connectivity index (χ1v) is 10.8. The van der Waals surface area contributed by atoms with Gasteiger partial charge in [0.1, 0.15) is 23.4 Å². The largest absolute Gasteiger partial charge is 0.315 e. The van der Waals surface area contributed by atoms with Gasteiger partial charge in [-0.05, 0) is 37.6 Å². The molecule has 9 heteroatoms. The van der Waals surface area contributed by atoms with Gasteiger partial charge in [-0.1, -0.05) is 0 Å². The number of carbonyl (C=O) groups excluding carboxylic acids is 2. The van der Waals surface area contributed by atoms with Crippen LogP contribution in [0.3, 0.4) is 0 Å². The molecule has 1 aromatic carbocycles. The highest BCUT2D eigenvalue weighted by atomic mass is 32.2. The number of fused-ring (bicyclic) bond motifs is 2. The lowest BCUT2D eigenvalue weighted by Crippen LogP contribution is -2.48. The maximum absolute atomic E-state index is 13.3. The highest BCUT2D eigenvalue weighted by Gasteiger charge is 2.53. The molecule has 2 aromatic heterocycles. The fourth-order valence-electron chi connectivity index (χ4n) is 3.93. The zero-order chi connectivity index (χ0) is 19.5. The van der Waals surface area contributed by atoms with E-state index < -0.39 is 6.04 Å². The molecule has 2 amide bonds. The van der Waals surface area contributed by atoms with Gasteiger partial charge in [0.15, 0.2) is 4.96 Å². The number of thioether (sulfide) groups is 1. The van der Waals surface area contributed by atoms with Crippen LogP contribution in [0.1, 0.15) is 19.8 Å². The predicted octanol–water partition coefficient (Wildman–Crippen LogP) is 3.59. The van der Waals surface area contributed by atoms with Gasteiger partial charge in [-0.2, -0.15) is 0 Å². The van der Waals surface area contributed by atoms with E-state index >= 15 is 0 Å². The first kappa shape index (κ1) is 17.7. The van der Waals surface area contributed by atoms with E-state index in [1.807, 2.05) is 22.9 Å². The Labute approximate surface area is 168 Å². The minimum atomic E-state index is -0.504. The van der Waals surface area contributed by atoms with Crippen molar-refractivity contribution in [1.29, 1.82) is 0 Å². The molecule has 0 spiro atoms. The molecule has 28 heavy (non-hydrogen) atoms. The summed E-state index contributed by atoms with van der Waals surface area (Å²) in [7, 11) is 0. The molecule has 0 saturated carbocycles. The Morgan fingerprint density at radius 1 is 1.36 bits per heavy atom. The zero-order valence-electron chi connectivity index (χ0n) is 15.0. The molecular weight excluding hydrogens is 399 g/mol. The van der Waals surface area contributed by atoms with Crippen molar-refractivity contribution >= 4 is 45.7 Å². The molecule has 0 radical (unpaired) electrons.